The second-order valence-electron chi connectivity index (χ2n) is 22.4. The molecule has 0 heterocycles. The zero-order valence-corrected chi connectivity index (χ0v) is 53.0. The summed E-state index contributed by atoms with van der Waals surface area (Å²) in [6, 6.07) is 0. The van der Waals surface area contributed by atoms with Gasteiger partial charge in [-0.3, -0.25) is 14.4 Å². The van der Waals surface area contributed by atoms with Gasteiger partial charge in [0, 0.05) is 19.3 Å². The summed E-state index contributed by atoms with van der Waals surface area (Å²) in [4.78, 5) is 38.0. The van der Waals surface area contributed by atoms with Crippen molar-refractivity contribution in [1.82, 2.24) is 0 Å². The van der Waals surface area contributed by atoms with Gasteiger partial charge in [0.05, 0.1) is 0 Å². The zero-order chi connectivity index (χ0) is 58.5. The highest BCUT2D eigenvalue weighted by molar-refractivity contribution is 5.71. The number of hydrogen-bond acceptors (Lipinski definition) is 6. The average Bonchev–Trinajstić information content (AvgIpc) is 3.47. The molecule has 81 heavy (non-hydrogen) atoms. The Morgan fingerprint density at radius 3 is 0.753 bits per heavy atom. The fourth-order valence-electron chi connectivity index (χ4n) is 9.41. The van der Waals surface area contributed by atoms with Crippen molar-refractivity contribution in [3.63, 3.8) is 0 Å². The maximum atomic E-state index is 12.8. The van der Waals surface area contributed by atoms with E-state index in [1.54, 1.807) is 0 Å². The van der Waals surface area contributed by atoms with Crippen LogP contribution < -0.4 is 0 Å². The molecule has 0 spiro atoms. The van der Waals surface area contributed by atoms with E-state index in [9.17, 15) is 14.4 Å². The smallest absolute Gasteiger partial charge is 0.306 e. The van der Waals surface area contributed by atoms with E-state index in [1.165, 1.54) is 141 Å². The predicted molar refractivity (Wildman–Crippen MR) is 353 cm³/mol. The third kappa shape index (κ3) is 66.5. The second kappa shape index (κ2) is 68.3. The van der Waals surface area contributed by atoms with E-state index < -0.39 is 6.10 Å². The molecule has 462 valence electrons. The Labute approximate surface area is 501 Å². The summed E-state index contributed by atoms with van der Waals surface area (Å²) >= 11 is 0. The van der Waals surface area contributed by atoms with Crippen LogP contribution in [0.4, 0.5) is 0 Å². The summed E-state index contributed by atoms with van der Waals surface area (Å²) in [6.07, 6.45) is 95.6. The van der Waals surface area contributed by atoms with E-state index in [0.29, 0.717) is 19.3 Å². The molecule has 6 heteroatoms. The average molecular weight is 1120 g/mol. The summed E-state index contributed by atoms with van der Waals surface area (Å²) in [5.41, 5.74) is 0. The van der Waals surface area contributed by atoms with Crippen molar-refractivity contribution < 1.29 is 28.6 Å². The minimum Gasteiger partial charge on any atom is -0.462 e. The highest BCUT2D eigenvalue weighted by Crippen LogP contribution is 2.17. The van der Waals surface area contributed by atoms with Gasteiger partial charge in [-0.15, -0.1) is 0 Å². The largest absolute Gasteiger partial charge is 0.462 e. The van der Waals surface area contributed by atoms with Crippen LogP contribution in [-0.2, 0) is 28.6 Å². The van der Waals surface area contributed by atoms with Crippen molar-refractivity contribution in [3.05, 3.63) is 122 Å². The first-order valence-electron chi connectivity index (χ1n) is 34.0. The van der Waals surface area contributed by atoms with Gasteiger partial charge in [0.25, 0.3) is 0 Å². The predicted octanol–water partition coefficient (Wildman–Crippen LogP) is 23.6. The fraction of sp³-hybridized carbons (Fsp3) is 0.693. The lowest BCUT2D eigenvalue weighted by Gasteiger charge is -2.18. The molecule has 0 amide bonds. The minimum atomic E-state index is -0.794. The molecule has 0 saturated heterocycles. The van der Waals surface area contributed by atoms with Gasteiger partial charge in [0.15, 0.2) is 6.10 Å². The van der Waals surface area contributed by atoms with Crippen LogP contribution in [0.25, 0.3) is 0 Å². The second-order valence-corrected chi connectivity index (χ2v) is 22.4. The van der Waals surface area contributed by atoms with E-state index >= 15 is 0 Å². The molecular weight excluding hydrogens is 997 g/mol. The fourth-order valence-corrected chi connectivity index (χ4v) is 9.41. The normalized spacial score (nSPS) is 12.9. The summed E-state index contributed by atoms with van der Waals surface area (Å²) in [5, 5.41) is 0. The van der Waals surface area contributed by atoms with Gasteiger partial charge in [-0.1, -0.05) is 322 Å². The third-order valence-electron chi connectivity index (χ3n) is 14.5. The van der Waals surface area contributed by atoms with Crippen LogP contribution in [0, 0.1) is 0 Å². The van der Waals surface area contributed by atoms with Crippen LogP contribution in [0.15, 0.2) is 122 Å². The Morgan fingerprint density at radius 2 is 0.481 bits per heavy atom. The number of esters is 3. The SMILES string of the molecule is CC/C=C\C/C=C\C/C=C\C/C=C\C/C=C\C/C=C\C/C=C\C/C=C\C/C=C\C/C=C\CCCCC(=O)OCC(COC(=O)CCCCCCC)OC(=O)CCCCCCCCCCCCCCCCCCCCCCCCCCC. The maximum Gasteiger partial charge on any atom is 0.306 e. The van der Waals surface area contributed by atoms with Crippen molar-refractivity contribution in [1.29, 1.82) is 0 Å². The quantitative estimate of drug-likeness (QED) is 0.0261. The van der Waals surface area contributed by atoms with Crippen molar-refractivity contribution in [2.45, 2.75) is 322 Å². The number of carbonyl (C=O) groups excluding carboxylic acids is 3. The molecule has 0 N–H and O–H groups in total. The monoisotopic (exact) mass is 1120 g/mol. The van der Waals surface area contributed by atoms with E-state index in [0.717, 1.165) is 135 Å². The first-order valence-corrected chi connectivity index (χ1v) is 34.0. The van der Waals surface area contributed by atoms with Crippen LogP contribution in [0.3, 0.4) is 0 Å². The molecule has 0 fully saturated rings. The third-order valence-corrected chi connectivity index (χ3v) is 14.5. The maximum absolute atomic E-state index is 12.8. The molecule has 0 radical (unpaired) electrons. The lowest BCUT2D eigenvalue weighted by atomic mass is 10.0. The lowest BCUT2D eigenvalue weighted by molar-refractivity contribution is -0.167. The number of unbranched alkanes of at least 4 members (excludes halogenated alkanes) is 30. The molecule has 0 aromatic rings. The Bertz CT molecular complexity index is 1670. The van der Waals surface area contributed by atoms with Crippen molar-refractivity contribution >= 4 is 17.9 Å². The van der Waals surface area contributed by atoms with Crippen molar-refractivity contribution in [3.8, 4) is 0 Å². The Hall–Kier alpha value is -4.19. The highest BCUT2D eigenvalue weighted by Gasteiger charge is 2.19. The number of ether oxygens (including phenoxy) is 3. The van der Waals surface area contributed by atoms with Gasteiger partial charge < -0.3 is 14.2 Å². The summed E-state index contributed by atoms with van der Waals surface area (Å²) in [6.45, 7) is 6.43. The molecule has 0 aliphatic rings. The van der Waals surface area contributed by atoms with E-state index in [4.69, 9.17) is 14.2 Å². The number of allylic oxidation sites excluding steroid dienone is 20. The first-order chi connectivity index (χ1) is 40.0. The molecule has 0 bridgehead atoms. The zero-order valence-electron chi connectivity index (χ0n) is 53.0. The van der Waals surface area contributed by atoms with Crippen LogP contribution >= 0.6 is 0 Å². The van der Waals surface area contributed by atoms with Gasteiger partial charge in [0.2, 0.25) is 0 Å². The van der Waals surface area contributed by atoms with Crippen molar-refractivity contribution in [2.24, 2.45) is 0 Å². The Balaban J connectivity index is 4.12. The van der Waals surface area contributed by atoms with Crippen LogP contribution in [0.1, 0.15) is 316 Å². The molecule has 0 aliphatic heterocycles. The number of carbonyl (C=O) groups is 3. The topological polar surface area (TPSA) is 78.9 Å². The molecule has 6 nitrogen and oxygen atoms in total. The molecule has 1 atom stereocenters. The van der Waals surface area contributed by atoms with Gasteiger partial charge in [-0.25, -0.2) is 0 Å². The minimum absolute atomic E-state index is 0.0918. The highest BCUT2D eigenvalue weighted by atomic mass is 16.6. The first kappa shape index (κ1) is 76.8. The van der Waals surface area contributed by atoms with Crippen LogP contribution in [-0.4, -0.2) is 37.2 Å². The molecular formula is C75H126O6. The van der Waals surface area contributed by atoms with E-state index in [-0.39, 0.29) is 31.1 Å². The lowest BCUT2D eigenvalue weighted by Crippen LogP contribution is -2.30. The van der Waals surface area contributed by atoms with Crippen LogP contribution in [0.5, 0.6) is 0 Å². The number of hydrogen-bond donors (Lipinski definition) is 0. The van der Waals surface area contributed by atoms with Gasteiger partial charge in [-0.05, 0) is 96.3 Å². The van der Waals surface area contributed by atoms with Gasteiger partial charge in [-0.2, -0.15) is 0 Å². The molecule has 0 aromatic heterocycles. The Morgan fingerprint density at radius 1 is 0.259 bits per heavy atom. The summed E-state index contributed by atoms with van der Waals surface area (Å²) in [7, 11) is 0. The van der Waals surface area contributed by atoms with Gasteiger partial charge >= 0.3 is 17.9 Å². The summed E-state index contributed by atoms with van der Waals surface area (Å²) in [5.74, 6) is -0.943. The number of rotatable bonds is 61. The Kier molecular flexibility index (Phi) is 64.8. The molecule has 0 aliphatic carbocycles. The molecule has 0 aromatic carbocycles. The summed E-state index contributed by atoms with van der Waals surface area (Å²) < 4.78 is 16.7. The van der Waals surface area contributed by atoms with Crippen LogP contribution in [0.2, 0.25) is 0 Å². The standard InChI is InChI=1S/C75H126O6/c1-4-7-10-13-15-17-19-21-23-25-27-29-31-33-34-35-36-37-38-39-40-42-43-45-47-49-51-53-55-57-59-62-65-68-74(77)80-71-72(70-79-73(76)67-64-61-12-9-6-3)81-75(78)69-66-63-60-58-56-54-52-50-48-46-44-41-32-30-28-26-24-22-20-18-16-14-11-8-5-2/h7,10,15,17,21,23,27,29,33-34,36-37,39-40,43,45,49,51,55,57,72H,4-6,8-9,11-14,16,18-20,22,24-26,28,30-32,35,38,41-42,44,46-48,50,52-54,56,58-71H2,1-3H3/b10-7-,17-15-,23-21-,29-27-,34-33-,37-36-,40-39-,45-43-,51-49-,57-55-. The van der Waals surface area contributed by atoms with E-state index in [1.807, 2.05) is 0 Å². The molecule has 1 unspecified atom stereocenters. The molecule has 0 saturated carbocycles. The van der Waals surface area contributed by atoms with E-state index in [2.05, 4.69) is 142 Å². The molecule has 0 rings (SSSR count). The van der Waals surface area contributed by atoms with Gasteiger partial charge in [0.1, 0.15) is 13.2 Å². The van der Waals surface area contributed by atoms with Crippen molar-refractivity contribution in [2.75, 3.05) is 13.2 Å².